The number of nitrogens with zero attached hydrogens (tertiary/aromatic N) is 2. The molecule has 1 aromatic heterocycles. The van der Waals surface area contributed by atoms with Crippen LogP contribution in [-0.2, 0) is 13.0 Å². The summed E-state index contributed by atoms with van der Waals surface area (Å²) in [5.74, 6) is 0.546. The van der Waals surface area contributed by atoms with Gasteiger partial charge in [0.1, 0.15) is 0 Å². The van der Waals surface area contributed by atoms with Gasteiger partial charge in [-0.15, -0.1) is 0 Å². The smallest absolute Gasteiger partial charge is 0.266 e. The molecule has 1 saturated heterocycles. The molecule has 1 fully saturated rings. The first-order valence-corrected chi connectivity index (χ1v) is 8.14. The summed E-state index contributed by atoms with van der Waals surface area (Å²) in [4.78, 5) is 12.1. The normalized spacial score (nSPS) is 15.9. The molecule has 0 radical (unpaired) electrons. The van der Waals surface area contributed by atoms with Crippen LogP contribution >= 0.6 is 0 Å². The molecule has 0 bridgehead atoms. The van der Waals surface area contributed by atoms with Gasteiger partial charge in [-0.3, -0.25) is 4.79 Å². The molecule has 1 aliphatic heterocycles. The van der Waals surface area contributed by atoms with Crippen LogP contribution in [0.25, 0.3) is 11.3 Å². The minimum atomic E-state index is -0.00698. The van der Waals surface area contributed by atoms with Crippen LogP contribution in [0.5, 0.6) is 0 Å². The van der Waals surface area contributed by atoms with Gasteiger partial charge in [-0.05, 0) is 49.9 Å². The molecule has 2 heterocycles. The van der Waals surface area contributed by atoms with Gasteiger partial charge in [0.05, 0.1) is 5.69 Å². The molecule has 1 aromatic carbocycles. The van der Waals surface area contributed by atoms with Crippen molar-refractivity contribution in [2.45, 2.75) is 32.7 Å². The van der Waals surface area contributed by atoms with Gasteiger partial charge in [-0.1, -0.05) is 31.2 Å². The SMILES string of the molecule is CCc1ccc(-c2ccc(=O)n(CC3CCNCC3)n2)cc1. The highest BCUT2D eigenvalue weighted by Gasteiger charge is 2.15. The molecule has 0 spiro atoms. The molecule has 1 aliphatic rings. The van der Waals surface area contributed by atoms with Crippen LogP contribution < -0.4 is 10.9 Å². The Morgan fingerprint density at radius 1 is 1.14 bits per heavy atom. The molecule has 22 heavy (non-hydrogen) atoms. The van der Waals surface area contributed by atoms with Crippen LogP contribution in [0.4, 0.5) is 0 Å². The zero-order valence-electron chi connectivity index (χ0n) is 13.1. The van der Waals surface area contributed by atoms with Gasteiger partial charge in [-0.25, -0.2) is 4.68 Å². The number of hydrogen-bond donors (Lipinski definition) is 1. The van der Waals surface area contributed by atoms with E-state index >= 15 is 0 Å². The number of benzene rings is 1. The Kier molecular flexibility index (Phi) is 4.68. The van der Waals surface area contributed by atoms with Crippen molar-refractivity contribution >= 4 is 0 Å². The van der Waals surface area contributed by atoms with Crippen molar-refractivity contribution in [3.05, 3.63) is 52.3 Å². The lowest BCUT2D eigenvalue weighted by Crippen LogP contribution is -2.33. The number of aromatic nitrogens is 2. The molecule has 2 aromatic rings. The maximum atomic E-state index is 12.1. The molecular formula is C18H23N3O. The fourth-order valence-corrected chi connectivity index (χ4v) is 2.95. The van der Waals surface area contributed by atoms with Gasteiger partial charge in [0, 0.05) is 18.2 Å². The lowest BCUT2D eigenvalue weighted by Gasteiger charge is -2.22. The van der Waals surface area contributed by atoms with E-state index < -0.39 is 0 Å². The fourth-order valence-electron chi connectivity index (χ4n) is 2.95. The third-order valence-electron chi connectivity index (χ3n) is 4.41. The van der Waals surface area contributed by atoms with Crippen LogP contribution in [0.15, 0.2) is 41.2 Å². The molecule has 116 valence electrons. The van der Waals surface area contributed by atoms with E-state index in [9.17, 15) is 4.79 Å². The molecule has 0 atom stereocenters. The van der Waals surface area contributed by atoms with Crippen molar-refractivity contribution in [3.63, 3.8) is 0 Å². The second-order valence-corrected chi connectivity index (χ2v) is 5.98. The summed E-state index contributed by atoms with van der Waals surface area (Å²) in [5, 5.41) is 7.93. The maximum absolute atomic E-state index is 12.1. The Morgan fingerprint density at radius 3 is 2.55 bits per heavy atom. The van der Waals surface area contributed by atoms with E-state index in [-0.39, 0.29) is 5.56 Å². The van der Waals surface area contributed by atoms with Crippen molar-refractivity contribution < 1.29 is 0 Å². The number of nitrogens with one attached hydrogen (secondary N) is 1. The van der Waals surface area contributed by atoms with Gasteiger partial charge < -0.3 is 5.32 Å². The molecular weight excluding hydrogens is 274 g/mol. The first-order valence-electron chi connectivity index (χ1n) is 8.14. The first-order chi connectivity index (χ1) is 10.8. The number of rotatable bonds is 4. The van der Waals surface area contributed by atoms with E-state index in [1.54, 1.807) is 10.7 Å². The quantitative estimate of drug-likeness (QED) is 0.943. The van der Waals surface area contributed by atoms with Crippen LogP contribution in [-0.4, -0.2) is 22.9 Å². The number of aryl methyl sites for hydroxylation is 1. The Bertz CT molecular complexity index is 669. The standard InChI is InChI=1S/C18H23N3O/c1-2-14-3-5-16(6-4-14)17-7-8-18(22)21(20-17)13-15-9-11-19-12-10-15/h3-8,15,19H,2,9-13H2,1H3. The van der Waals surface area contributed by atoms with Crippen molar-refractivity contribution in [3.8, 4) is 11.3 Å². The van der Waals surface area contributed by atoms with Crippen molar-refractivity contribution in [2.75, 3.05) is 13.1 Å². The van der Waals surface area contributed by atoms with Gasteiger partial charge in [0.25, 0.3) is 5.56 Å². The third kappa shape index (κ3) is 3.45. The summed E-state index contributed by atoms with van der Waals surface area (Å²) in [6, 6.07) is 11.9. The maximum Gasteiger partial charge on any atom is 0.266 e. The molecule has 3 rings (SSSR count). The highest BCUT2D eigenvalue weighted by Crippen LogP contribution is 2.18. The number of hydrogen-bond acceptors (Lipinski definition) is 3. The molecule has 0 aliphatic carbocycles. The molecule has 0 unspecified atom stereocenters. The van der Waals surface area contributed by atoms with E-state index in [1.807, 2.05) is 6.07 Å². The zero-order valence-corrected chi connectivity index (χ0v) is 13.1. The summed E-state index contributed by atoms with van der Waals surface area (Å²) in [6.45, 7) is 4.95. The summed E-state index contributed by atoms with van der Waals surface area (Å²) in [7, 11) is 0. The summed E-state index contributed by atoms with van der Waals surface area (Å²) in [6.07, 6.45) is 3.26. The largest absolute Gasteiger partial charge is 0.317 e. The monoisotopic (exact) mass is 297 g/mol. The van der Waals surface area contributed by atoms with Gasteiger partial charge in [0.2, 0.25) is 0 Å². The Balaban J connectivity index is 1.83. The molecule has 0 amide bonds. The van der Waals surface area contributed by atoms with E-state index in [0.717, 1.165) is 50.2 Å². The lowest BCUT2D eigenvalue weighted by atomic mass is 9.98. The van der Waals surface area contributed by atoms with Crippen molar-refractivity contribution in [2.24, 2.45) is 5.92 Å². The second-order valence-electron chi connectivity index (χ2n) is 5.98. The van der Waals surface area contributed by atoms with Crippen molar-refractivity contribution in [1.29, 1.82) is 0 Å². The van der Waals surface area contributed by atoms with Crippen LogP contribution in [0.1, 0.15) is 25.3 Å². The average Bonchev–Trinajstić information content (AvgIpc) is 2.58. The van der Waals surface area contributed by atoms with Crippen LogP contribution in [0, 0.1) is 5.92 Å². The van der Waals surface area contributed by atoms with Crippen LogP contribution in [0.3, 0.4) is 0 Å². The zero-order chi connectivity index (χ0) is 15.4. The van der Waals surface area contributed by atoms with E-state index in [1.165, 1.54) is 5.56 Å². The predicted octanol–water partition coefficient (Wildman–Crippen LogP) is 2.47. The minimum Gasteiger partial charge on any atom is -0.317 e. The molecule has 4 nitrogen and oxygen atoms in total. The van der Waals surface area contributed by atoms with Gasteiger partial charge in [0.15, 0.2) is 0 Å². The summed E-state index contributed by atoms with van der Waals surface area (Å²) < 4.78 is 1.64. The Labute approximate surface area is 131 Å². The second kappa shape index (κ2) is 6.88. The molecule has 4 heteroatoms. The topological polar surface area (TPSA) is 46.9 Å². The third-order valence-corrected chi connectivity index (χ3v) is 4.41. The first kappa shape index (κ1) is 15.0. The fraction of sp³-hybridized carbons (Fsp3) is 0.444. The summed E-state index contributed by atoms with van der Waals surface area (Å²) >= 11 is 0. The highest BCUT2D eigenvalue weighted by molar-refractivity contribution is 5.58. The van der Waals surface area contributed by atoms with Gasteiger partial charge >= 0.3 is 0 Å². The Morgan fingerprint density at radius 2 is 1.86 bits per heavy atom. The lowest BCUT2D eigenvalue weighted by molar-refractivity contribution is 0.315. The van der Waals surface area contributed by atoms with E-state index in [4.69, 9.17) is 0 Å². The van der Waals surface area contributed by atoms with E-state index in [0.29, 0.717) is 5.92 Å². The molecule has 0 saturated carbocycles. The van der Waals surface area contributed by atoms with Crippen molar-refractivity contribution in [1.82, 2.24) is 15.1 Å². The van der Waals surface area contributed by atoms with Gasteiger partial charge in [-0.2, -0.15) is 5.10 Å². The highest BCUT2D eigenvalue weighted by atomic mass is 16.1. The van der Waals surface area contributed by atoms with Crippen LogP contribution in [0.2, 0.25) is 0 Å². The van der Waals surface area contributed by atoms with E-state index in [2.05, 4.69) is 41.6 Å². The predicted molar refractivity (Wildman–Crippen MR) is 88.9 cm³/mol. The summed E-state index contributed by atoms with van der Waals surface area (Å²) in [5.41, 5.74) is 3.24. The average molecular weight is 297 g/mol. The Hall–Kier alpha value is -1.94. The number of piperidine rings is 1. The minimum absolute atomic E-state index is 0.00698. The molecule has 1 N–H and O–H groups in total.